The Morgan fingerprint density at radius 3 is 2.53 bits per heavy atom. The van der Waals surface area contributed by atoms with Crippen LogP contribution in [-0.2, 0) is 16.1 Å². The van der Waals surface area contributed by atoms with Crippen LogP contribution in [0.3, 0.4) is 0 Å². The zero-order valence-corrected chi connectivity index (χ0v) is 17.5. The lowest BCUT2D eigenvalue weighted by molar-refractivity contribution is -0.143. The lowest BCUT2D eigenvalue weighted by Crippen LogP contribution is -2.45. The van der Waals surface area contributed by atoms with Gasteiger partial charge in [0.1, 0.15) is 18.2 Å². The van der Waals surface area contributed by atoms with Gasteiger partial charge in [-0.05, 0) is 50.6 Å². The van der Waals surface area contributed by atoms with Crippen LogP contribution in [0.1, 0.15) is 37.9 Å². The maximum Gasteiger partial charge on any atom is 0.338 e. The van der Waals surface area contributed by atoms with Gasteiger partial charge in [0.2, 0.25) is 0 Å². The van der Waals surface area contributed by atoms with Gasteiger partial charge in [0.15, 0.2) is 0 Å². The number of esters is 1. The Balaban J connectivity index is 1.79. The third-order valence-electron chi connectivity index (χ3n) is 4.49. The quantitative estimate of drug-likeness (QED) is 0.652. The van der Waals surface area contributed by atoms with E-state index in [1.54, 1.807) is 51.1 Å². The number of carbonyl (C=O) groups is 2. The summed E-state index contributed by atoms with van der Waals surface area (Å²) in [7, 11) is 0. The highest BCUT2D eigenvalue weighted by Gasteiger charge is 2.32. The molecule has 0 spiro atoms. The van der Waals surface area contributed by atoms with Gasteiger partial charge in [-0.15, -0.1) is 0 Å². The van der Waals surface area contributed by atoms with Crippen LogP contribution in [0.5, 0.6) is 5.75 Å². The number of urea groups is 1. The highest BCUT2D eigenvalue weighted by atomic mass is 35.5. The third kappa shape index (κ3) is 4.91. The fraction of sp³-hybridized carbons (Fsp3) is 0.273. The van der Waals surface area contributed by atoms with E-state index in [-0.39, 0.29) is 23.3 Å². The predicted molar refractivity (Wildman–Crippen MR) is 111 cm³/mol. The lowest BCUT2D eigenvalue weighted by Gasteiger charge is -2.28. The Hall–Kier alpha value is -3.06. The molecule has 1 aliphatic heterocycles. The summed E-state index contributed by atoms with van der Waals surface area (Å²) >= 11 is 6.02. The Morgan fingerprint density at radius 1 is 1.20 bits per heavy atom. The average Bonchev–Trinajstić information content (AvgIpc) is 2.66. The van der Waals surface area contributed by atoms with E-state index in [1.807, 2.05) is 0 Å². The van der Waals surface area contributed by atoms with E-state index in [2.05, 4.69) is 10.6 Å². The van der Waals surface area contributed by atoms with Crippen LogP contribution in [0, 0.1) is 5.82 Å². The van der Waals surface area contributed by atoms with Gasteiger partial charge in [0.25, 0.3) is 0 Å². The molecule has 0 saturated heterocycles. The van der Waals surface area contributed by atoms with Gasteiger partial charge in [0, 0.05) is 11.3 Å². The van der Waals surface area contributed by atoms with Crippen molar-refractivity contribution in [2.75, 3.05) is 0 Å². The van der Waals surface area contributed by atoms with Crippen molar-refractivity contribution in [2.24, 2.45) is 0 Å². The minimum atomic E-state index is -0.667. The Morgan fingerprint density at radius 2 is 1.90 bits per heavy atom. The molecule has 1 unspecified atom stereocenters. The van der Waals surface area contributed by atoms with Crippen molar-refractivity contribution in [3.05, 3.63) is 75.7 Å². The Kier molecular flexibility index (Phi) is 6.62. The van der Waals surface area contributed by atoms with Crippen LogP contribution >= 0.6 is 11.6 Å². The van der Waals surface area contributed by atoms with Crippen LogP contribution in [-0.4, -0.2) is 18.1 Å². The molecular weight excluding hydrogens is 411 g/mol. The van der Waals surface area contributed by atoms with Crippen molar-refractivity contribution in [2.45, 2.75) is 39.5 Å². The summed E-state index contributed by atoms with van der Waals surface area (Å²) in [4.78, 5) is 24.5. The molecule has 1 atom stereocenters. The second kappa shape index (κ2) is 9.17. The maximum absolute atomic E-state index is 13.9. The first kappa shape index (κ1) is 21.6. The summed E-state index contributed by atoms with van der Waals surface area (Å²) in [5, 5.41) is 5.63. The molecule has 0 bridgehead atoms. The molecule has 6 nitrogen and oxygen atoms in total. The summed E-state index contributed by atoms with van der Waals surface area (Å²) in [6, 6.07) is 10.2. The van der Waals surface area contributed by atoms with Gasteiger partial charge >= 0.3 is 12.0 Å². The van der Waals surface area contributed by atoms with Crippen LogP contribution in [0.4, 0.5) is 9.18 Å². The standard InChI is InChI=1S/C22H22ClFN2O4/c1-12(2)30-21(27)19-13(3)25-22(28)26-20(19)14-7-9-15(10-8-14)29-11-16-17(23)5-4-6-18(16)24/h4-10,12,20H,11H2,1-3H3,(H2,25,26,28). The third-order valence-corrected chi connectivity index (χ3v) is 4.84. The molecule has 8 heteroatoms. The maximum atomic E-state index is 13.9. The molecule has 2 N–H and O–H groups in total. The highest BCUT2D eigenvalue weighted by molar-refractivity contribution is 6.31. The fourth-order valence-electron chi connectivity index (χ4n) is 3.07. The SMILES string of the molecule is CC1=C(C(=O)OC(C)C)C(c2ccc(OCc3c(F)cccc3Cl)cc2)NC(=O)N1. The van der Waals surface area contributed by atoms with Gasteiger partial charge in [-0.25, -0.2) is 14.0 Å². The molecule has 0 fully saturated rings. The molecule has 3 rings (SSSR count). The number of halogens is 2. The normalized spacial score (nSPS) is 16.2. The van der Waals surface area contributed by atoms with E-state index in [0.29, 0.717) is 22.6 Å². The van der Waals surface area contributed by atoms with Gasteiger partial charge in [-0.1, -0.05) is 29.8 Å². The van der Waals surface area contributed by atoms with Crippen molar-refractivity contribution in [3.8, 4) is 5.75 Å². The minimum Gasteiger partial charge on any atom is -0.489 e. The van der Waals surface area contributed by atoms with Crippen LogP contribution in [0.15, 0.2) is 53.7 Å². The number of benzene rings is 2. The monoisotopic (exact) mass is 432 g/mol. The van der Waals surface area contributed by atoms with Gasteiger partial charge in [-0.3, -0.25) is 0 Å². The molecule has 30 heavy (non-hydrogen) atoms. The number of nitrogens with one attached hydrogen (secondary N) is 2. The fourth-order valence-corrected chi connectivity index (χ4v) is 3.29. The average molecular weight is 433 g/mol. The first-order valence-corrected chi connectivity index (χ1v) is 9.79. The number of allylic oxidation sites excluding steroid dienone is 1. The number of carbonyl (C=O) groups excluding carboxylic acids is 2. The number of hydrogen-bond acceptors (Lipinski definition) is 4. The minimum absolute atomic E-state index is 0.0279. The molecule has 0 aliphatic carbocycles. The Bertz CT molecular complexity index is 969. The van der Waals surface area contributed by atoms with Crippen molar-refractivity contribution < 1.29 is 23.5 Å². The molecular formula is C22H22ClFN2O4. The molecule has 0 saturated carbocycles. The Labute approximate surface area is 179 Å². The molecule has 0 radical (unpaired) electrons. The molecule has 0 aromatic heterocycles. The topological polar surface area (TPSA) is 76.7 Å². The summed E-state index contributed by atoms with van der Waals surface area (Å²) in [5.74, 6) is -0.453. The van der Waals surface area contributed by atoms with Gasteiger partial charge in [-0.2, -0.15) is 0 Å². The van der Waals surface area contributed by atoms with E-state index in [0.717, 1.165) is 0 Å². The first-order valence-electron chi connectivity index (χ1n) is 9.41. The molecule has 1 aliphatic rings. The van der Waals surface area contributed by atoms with Crippen molar-refractivity contribution in [1.29, 1.82) is 0 Å². The zero-order chi connectivity index (χ0) is 21.8. The van der Waals surface area contributed by atoms with Crippen LogP contribution < -0.4 is 15.4 Å². The van der Waals surface area contributed by atoms with Crippen LogP contribution in [0.25, 0.3) is 0 Å². The summed E-state index contributed by atoms with van der Waals surface area (Å²) in [6.45, 7) is 5.13. The smallest absolute Gasteiger partial charge is 0.338 e. The second-order valence-electron chi connectivity index (χ2n) is 7.08. The van der Waals surface area contributed by atoms with Crippen molar-refractivity contribution in [3.63, 3.8) is 0 Å². The van der Waals surface area contributed by atoms with E-state index in [1.165, 1.54) is 12.1 Å². The summed E-state index contributed by atoms with van der Waals surface area (Å²) < 4.78 is 24.8. The molecule has 2 aromatic carbocycles. The number of rotatable bonds is 6. The number of ether oxygens (including phenoxy) is 2. The summed E-state index contributed by atoms with van der Waals surface area (Å²) in [5.41, 5.74) is 1.71. The van der Waals surface area contributed by atoms with E-state index in [4.69, 9.17) is 21.1 Å². The van der Waals surface area contributed by atoms with E-state index >= 15 is 0 Å². The highest BCUT2D eigenvalue weighted by Crippen LogP contribution is 2.29. The molecule has 1 heterocycles. The summed E-state index contributed by atoms with van der Waals surface area (Å²) in [6.07, 6.45) is -0.294. The van der Waals surface area contributed by atoms with E-state index in [9.17, 15) is 14.0 Å². The van der Waals surface area contributed by atoms with Crippen LogP contribution in [0.2, 0.25) is 5.02 Å². The zero-order valence-electron chi connectivity index (χ0n) is 16.8. The van der Waals surface area contributed by atoms with Crippen molar-refractivity contribution >= 4 is 23.6 Å². The van der Waals surface area contributed by atoms with Gasteiger partial charge < -0.3 is 20.1 Å². The molecule has 2 aromatic rings. The number of hydrogen-bond donors (Lipinski definition) is 2. The second-order valence-corrected chi connectivity index (χ2v) is 7.49. The number of amides is 2. The van der Waals surface area contributed by atoms with E-state index < -0.39 is 23.9 Å². The first-order chi connectivity index (χ1) is 14.3. The van der Waals surface area contributed by atoms with Crippen molar-refractivity contribution in [1.82, 2.24) is 10.6 Å². The lowest BCUT2D eigenvalue weighted by atomic mass is 9.95. The largest absolute Gasteiger partial charge is 0.489 e. The predicted octanol–water partition coefficient (Wildman–Crippen LogP) is 4.64. The molecule has 2 amide bonds. The van der Waals surface area contributed by atoms with Gasteiger partial charge in [0.05, 0.1) is 22.7 Å². The molecule has 158 valence electrons.